The monoisotopic (exact) mass is 468 g/mol. The lowest BCUT2D eigenvalue weighted by atomic mass is 10.0. The molecule has 5 rings (SSSR count). The number of hydrogen-bond donors (Lipinski definition) is 0. The Morgan fingerprint density at radius 3 is 2.51 bits per heavy atom. The second-order valence-corrected chi connectivity index (χ2v) is 8.76. The summed E-state index contributed by atoms with van der Waals surface area (Å²) in [4.78, 5) is 22.9. The van der Waals surface area contributed by atoms with Crippen molar-refractivity contribution in [1.82, 2.24) is 39.3 Å². The molecule has 0 N–H and O–H groups in total. The summed E-state index contributed by atoms with van der Waals surface area (Å²) in [6, 6.07) is 8.44. The molecule has 35 heavy (non-hydrogen) atoms. The lowest BCUT2D eigenvalue weighted by Gasteiger charge is -2.13. The number of ether oxygens (including phenoxy) is 1. The third-order valence-corrected chi connectivity index (χ3v) is 5.96. The number of nitrogens with zero attached hydrogens (tertiary/aromatic N) is 8. The van der Waals surface area contributed by atoms with Gasteiger partial charge in [0.1, 0.15) is 17.7 Å². The van der Waals surface area contributed by atoms with Crippen LogP contribution in [0.3, 0.4) is 0 Å². The fraction of sp³-hybridized carbons (Fsp3) is 0.308. The Kier molecular flexibility index (Phi) is 5.98. The second kappa shape index (κ2) is 9.25. The first kappa shape index (κ1) is 22.6. The number of hydrogen-bond acceptors (Lipinski definition) is 7. The predicted molar refractivity (Wildman–Crippen MR) is 134 cm³/mol. The van der Waals surface area contributed by atoms with Crippen LogP contribution in [0.25, 0.3) is 33.8 Å². The van der Waals surface area contributed by atoms with Gasteiger partial charge in [-0.1, -0.05) is 38.1 Å². The molecular weight excluding hydrogens is 440 g/mol. The molecular formula is C26H28N8O. The van der Waals surface area contributed by atoms with Crippen molar-refractivity contribution in [3.05, 3.63) is 66.1 Å². The van der Waals surface area contributed by atoms with Crippen molar-refractivity contribution in [2.45, 2.75) is 46.7 Å². The van der Waals surface area contributed by atoms with Crippen LogP contribution in [0.4, 0.5) is 0 Å². The summed E-state index contributed by atoms with van der Waals surface area (Å²) in [5.41, 5.74) is 5.54. The minimum atomic E-state index is 0.164. The zero-order valence-corrected chi connectivity index (χ0v) is 20.6. The quantitative estimate of drug-likeness (QED) is 0.343. The summed E-state index contributed by atoms with van der Waals surface area (Å²) in [5.74, 6) is 2.14. The molecule has 0 saturated carbocycles. The number of rotatable bonds is 7. The number of fused-ring (bicyclic) bond motifs is 1. The van der Waals surface area contributed by atoms with Gasteiger partial charge in [0.25, 0.3) is 0 Å². The molecule has 0 saturated heterocycles. The van der Waals surface area contributed by atoms with Crippen molar-refractivity contribution in [1.29, 1.82) is 0 Å². The van der Waals surface area contributed by atoms with E-state index in [0.29, 0.717) is 23.8 Å². The van der Waals surface area contributed by atoms with E-state index >= 15 is 0 Å². The Hall–Kier alpha value is -4.14. The highest BCUT2D eigenvalue weighted by Crippen LogP contribution is 2.32. The van der Waals surface area contributed by atoms with E-state index in [2.05, 4.69) is 80.8 Å². The lowest BCUT2D eigenvalue weighted by Crippen LogP contribution is -2.06. The molecule has 0 aliphatic heterocycles. The number of imidazole rings is 1. The van der Waals surface area contributed by atoms with Crippen molar-refractivity contribution in [2.75, 3.05) is 7.11 Å². The molecule has 9 nitrogen and oxygen atoms in total. The maximum Gasteiger partial charge on any atom is 0.227 e. The average molecular weight is 469 g/mol. The fourth-order valence-electron chi connectivity index (χ4n) is 4.24. The van der Waals surface area contributed by atoms with Gasteiger partial charge in [-0.15, -0.1) is 0 Å². The third-order valence-electron chi connectivity index (χ3n) is 5.96. The molecule has 0 spiro atoms. The van der Waals surface area contributed by atoms with Crippen molar-refractivity contribution < 1.29 is 4.74 Å². The van der Waals surface area contributed by atoms with Gasteiger partial charge in [-0.05, 0) is 25.3 Å². The molecule has 0 bridgehead atoms. The van der Waals surface area contributed by atoms with Crippen LogP contribution >= 0.6 is 0 Å². The van der Waals surface area contributed by atoms with Gasteiger partial charge in [0, 0.05) is 24.5 Å². The summed E-state index contributed by atoms with van der Waals surface area (Å²) in [7, 11) is 1.59. The zero-order valence-electron chi connectivity index (χ0n) is 20.6. The number of methoxy groups -OCH3 is 1. The van der Waals surface area contributed by atoms with E-state index in [-0.39, 0.29) is 5.92 Å². The van der Waals surface area contributed by atoms with E-state index in [1.807, 2.05) is 11.6 Å². The first-order chi connectivity index (χ1) is 17.0. The SMILES string of the molecule is CCn1cc(C)nc1-c1ccc(Cn2ncc3cnc(-c4c(OC)ncnc4C(C)C)nc32)cc1. The Morgan fingerprint density at radius 1 is 1.00 bits per heavy atom. The molecule has 4 heterocycles. The van der Waals surface area contributed by atoms with E-state index in [1.54, 1.807) is 19.5 Å². The summed E-state index contributed by atoms with van der Waals surface area (Å²) in [5, 5.41) is 5.44. The van der Waals surface area contributed by atoms with Gasteiger partial charge in [0.2, 0.25) is 5.88 Å². The second-order valence-electron chi connectivity index (χ2n) is 8.76. The highest BCUT2D eigenvalue weighted by atomic mass is 16.5. The summed E-state index contributed by atoms with van der Waals surface area (Å²) >= 11 is 0. The van der Waals surface area contributed by atoms with Crippen molar-refractivity contribution in [2.24, 2.45) is 0 Å². The van der Waals surface area contributed by atoms with E-state index in [1.165, 1.54) is 6.33 Å². The van der Waals surface area contributed by atoms with E-state index in [0.717, 1.165) is 45.9 Å². The standard InChI is InChI=1S/C26H28N8O/c1-6-33-13-17(4)31-24(33)19-9-7-18(8-10-19)14-34-25-20(12-30-34)11-27-23(32-25)21-22(16(2)3)28-15-29-26(21)35-5/h7-13,15-16H,6,14H2,1-5H3. The molecule has 9 heteroatoms. The lowest BCUT2D eigenvalue weighted by molar-refractivity contribution is 0.397. The van der Waals surface area contributed by atoms with Crippen molar-refractivity contribution in [3.63, 3.8) is 0 Å². The maximum absolute atomic E-state index is 5.52. The number of benzene rings is 1. The maximum atomic E-state index is 5.52. The van der Waals surface area contributed by atoms with E-state index in [9.17, 15) is 0 Å². The van der Waals surface area contributed by atoms with Crippen molar-refractivity contribution >= 4 is 11.0 Å². The van der Waals surface area contributed by atoms with Crippen LogP contribution in [0.5, 0.6) is 5.88 Å². The Morgan fingerprint density at radius 2 is 1.80 bits per heavy atom. The van der Waals surface area contributed by atoms with E-state index < -0.39 is 0 Å². The number of aromatic nitrogens is 8. The molecule has 0 aliphatic rings. The summed E-state index contributed by atoms with van der Waals surface area (Å²) in [6.07, 6.45) is 7.16. The van der Waals surface area contributed by atoms with Gasteiger partial charge in [-0.3, -0.25) is 0 Å². The molecule has 0 atom stereocenters. The molecule has 0 fully saturated rings. The highest BCUT2D eigenvalue weighted by molar-refractivity contribution is 5.77. The van der Waals surface area contributed by atoms with Crippen LogP contribution < -0.4 is 4.74 Å². The molecule has 0 unspecified atom stereocenters. The van der Waals surface area contributed by atoms with Crippen LogP contribution in [0, 0.1) is 6.92 Å². The Labute approximate surface area is 203 Å². The van der Waals surface area contributed by atoms with Gasteiger partial charge in [-0.2, -0.15) is 5.10 Å². The molecule has 0 amide bonds. The minimum absolute atomic E-state index is 0.164. The van der Waals surface area contributed by atoms with E-state index in [4.69, 9.17) is 9.72 Å². The molecule has 4 aromatic heterocycles. The summed E-state index contributed by atoms with van der Waals surface area (Å²) < 4.78 is 9.57. The fourth-order valence-corrected chi connectivity index (χ4v) is 4.24. The summed E-state index contributed by atoms with van der Waals surface area (Å²) in [6.45, 7) is 9.76. The van der Waals surface area contributed by atoms with Crippen molar-refractivity contribution in [3.8, 4) is 28.7 Å². The first-order valence-corrected chi connectivity index (χ1v) is 11.7. The highest BCUT2D eigenvalue weighted by Gasteiger charge is 2.20. The Bertz CT molecular complexity index is 1480. The average Bonchev–Trinajstić information content (AvgIpc) is 3.46. The van der Waals surface area contributed by atoms with Gasteiger partial charge < -0.3 is 9.30 Å². The van der Waals surface area contributed by atoms with Gasteiger partial charge in [0.15, 0.2) is 11.5 Å². The minimum Gasteiger partial charge on any atom is -0.480 e. The number of aryl methyl sites for hydroxylation is 2. The molecule has 0 aliphatic carbocycles. The third kappa shape index (κ3) is 4.25. The van der Waals surface area contributed by atoms with Crippen LogP contribution in [0.15, 0.2) is 49.2 Å². The predicted octanol–water partition coefficient (Wildman–Crippen LogP) is 4.66. The largest absolute Gasteiger partial charge is 0.480 e. The van der Waals surface area contributed by atoms with Crippen LogP contribution in [0.2, 0.25) is 0 Å². The smallest absolute Gasteiger partial charge is 0.227 e. The normalized spacial score (nSPS) is 11.5. The Balaban J connectivity index is 1.49. The molecule has 1 aromatic carbocycles. The molecule has 5 aromatic rings. The molecule has 0 radical (unpaired) electrons. The zero-order chi connectivity index (χ0) is 24.5. The molecule has 178 valence electrons. The van der Waals surface area contributed by atoms with Gasteiger partial charge >= 0.3 is 0 Å². The van der Waals surface area contributed by atoms with Gasteiger partial charge in [0.05, 0.1) is 36.6 Å². The first-order valence-electron chi connectivity index (χ1n) is 11.7. The topological polar surface area (TPSA) is 96.4 Å². The van der Waals surface area contributed by atoms with Crippen LogP contribution in [0.1, 0.15) is 43.6 Å². The van der Waals surface area contributed by atoms with Crippen LogP contribution in [-0.2, 0) is 13.1 Å². The van der Waals surface area contributed by atoms with Gasteiger partial charge in [-0.25, -0.2) is 29.6 Å². The van der Waals surface area contributed by atoms with Crippen LogP contribution in [-0.4, -0.2) is 46.4 Å².